The Morgan fingerprint density at radius 2 is 1.55 bits per heavy atom. The Morgan fingerprint density at radius 1 is 0.925 bits per heavy atom. The number of benzene rings is 3. The van der Waals surface area contributed by atoms with Gasteiger partial charge in [-0.15, -0.1) is 0 Å². The largest absolute Gasteiger partial charge is 0.354 e. The third kappa shape index (κ3) is 8.32. The number of hydrogen-bond donors (Lipinski definition) is 1. The Hall–Kier alpha value is -3.36. The van der Waals surface area contributed by atoms with Crippen LogP contribution in [-0.2, 0) is 26.0 Å². The van der Waals surface area contributed by atoms with Crippen molar-refractivity contribution in [3.05, 3.63) is 95.0 Å². The van der Waals surface area contributed by atoms with Crippen molar-refractivity contribution in [3.63, 3.8) is 0 Å². The number of carbonyl (C=O) groups excluding carboxylic acids is 2. The molecule has 0 aliphatic rings. The molecule has 0 bridgehead atoms. The van der Waals surface area contributed by atoms with Crippen LogP contribution in [-0.4, -0.2) is 50.8 Å². The van der Waals surface area contributed by atoms with E-state index in [1.54, 1.807) is 24.3 Å². The lowest BCUT2D eigenvalue weighted by Crippen LogP contribution is -2.53. The molecule has 2 amide bonds. The first-order chi connectivity index (χ1) is 19.0. The van der Waals surface area contributed by atoms with Crippen molar-refractivity contribution < 1.29 is 18.0 Å². The Balaban J connectivity index is 1.99. The van der Waals surface area contributed by atoms with Crippen LogP contribution in [0, 0.1) is 12.8 Å². The minimum absolute atomic E-state index is 0.0165. The molecule has 3 rings (SSSR count). The van der Waals surface area contributed by atoms with E-state index in [2.05, 4.69) is 5.32 Å². The number of rotatable bonds is 13. The van der Waals surface area contributed by atoms with Crippen LogP contribution in [0.15, 0.2) is 83.8 Å². The maximum atomic E-state index is 14.0. The second-order valence-electron chi connectivity index (χ2n) is 10.2. The van der Waals surface area contributed by atoms with Crippen LogP contribution >= 0.6 is 11.6 Å². The number of hydrogen-bond acceptors (Lipinski definition) is 4. The molecule has 0 aliphatic carbocycles. The van der Waals surface area contributed by atoms with Gasteiger partial charge in [0.1, 0.15) is 12.6 Å². The smallest absolute Gasteiger partial charge is 0.264 e. The molecule has 0 aromatic heterocycles. The van der Waals surface area contributed by atoms with Crippen molar-refractivity contribution in [2.75, 3.05) is 23.9 Å². The van der Waals surface area contributed by atoms with Gasteiger partial charge in [0, 0.05) is 18.1 Å². The van der Waals surface area contributed by atoms with Gasteiger partial charge < -0.3 is 10.2 Å². The molecule has 0 fully saturated rings. The zero-order chi connectivity index (χ0) is 29.3. The molecule has 3 aromatic carbocycles. The van der Waals surface area contributed by atoms with Crippen LogP contribution in [0.25, 0.3) is 0 Å². The number of carbonyl (C=O) groups is 2. The van der Waals surface area contributed by atoms with Crippen LogP contribution in [0.5, 0.6) is 0 Å². The summed E-state index contributed by atoms with van der Waals surface area (Å²) in [6.07, 6.45) is 0.911. The van der Waals surface area contributed by atoms with Crippen molar-refractivity contribution in [1.82, 2.24) is 10.2 Å². The standard InChI is InChI=1S/C31H38ClN3O4S/c1-5-29(31(37)33-21-23(2)3)34(20-19-25-9-7-6-8-10-25)30(36)22-35(27-15-11-24(4)12-16-27)40(38,39)28-17-13-26(32)14-18-28/h6-18,23,29H,5,19-22H2,1-4H3,(H,33,37). The molecule has 0 heterocycles. The maximum absolute atomic E-state index is 14.0. The first-order valence-corrected chi connectivity index (χ1v) is 15.3. The summed E-state index contributed by atoms with van der Waals surface area (Å²) in [5.74, 6) is -0.461. The van der Waals surface area contributed by atoms with E-state index < -0.39 is 28.5 Å². The lowest BCUT2D eigenvalue weighted by atomic mass is 10.1. The van der Waals surface area contributed by atoms with Gasteiger partial charge in [0.05, 0.1) is 10.6 Å². The van der Waals surface area contributed by atoms with Crippen molar-refractivity contribution in [1.29, 1.82) is 0 Å². The molecule has 214 valence electrons. The molecule has 1 unspecified atom stereocenters. The van der Waals surface area contributed by atoms with Crippen LogP contribution in [0.4, 0.5) is 5.69 Å². The molecule has 7 nitrogen and oxygen atoms in total. The van der Waals surface area contributed by atoms with E-state index in [0.29, 0.717) is 30.1 Å². The molecule has 0 saturated heterocycles. The zero-order valence-electron chi connectivity index (χ0n) is 23.5. The number of anilines is 1. The first kappa shape index (κ1) is 31.2. The summed E-state index contributed by atoms with van der Waals surface area (Å²) in [6.45, 7) is 8.04. The topological polar surface area (TPSA) is 86.8 Å². The van der Waals surface area contributed by atoms with Gasteiger partial charge in [0.15, 0.2) is 0 Å². The molecule has 0 spiro atoms. The molecule has 0 saturated carbocycles. The summed E-state index contributed by atoms with van der Waals surface area (Å²) >= 11 is 6.01. The molecule has 40 heavy (non-hydrogen) atoms. The highest BCUT2D eigenvalue weighted by Gasteiger charge is 2.33. The Labute approximate surface area is 243 Å². The second-order valence-corrected chi connectivity index (χ2v) is 12.5. The quantitative estimate of drug-likeness (QED) is 0.289. The highest BCUT2D eigenvalue weighted by molar-refractivity contribution is 7.92. The van der Waals surface area contributed by atoms with E-state index in [4.69, 9.17) is 11.6 Å². The fraction of sp³-hybridized carbons (Fsp3) is 0.355. The molecule has 9 heteroatoms. The summed E-state index contributed by atoms with van der Waals surface area (Å²) in [6, 6.07) is 21.7. The minimum Gasteiger partial charge on any atom is -0.354 e. The number of halogens is 1. The molecule has 0 aliphatic heterocycles. The third-order valence-electron chi connectivity index (χ3n) is 6.56. The van der Waals surface area contributed by atoms with E-state index in [1.807, 2.05) is 58.0 Å². The molecular formula is C31H38ClN3O4S. The fourth-order valence-electron chi connectivity index (χ4n) is 4.29. The van der Waals surface area contributed by atoms with Gasteiger partial charge in [-0.05, 0) is 67.6 Å². The van der Waals surface area contributed by atoms with E-state index in [0.717, 1.165) is 15.4 Å². The number of nitrogens with one attached hydrogen (secondary N) is 1. The zero-order valence-corrected chi connectivity index (χ0v) is 25.1. The number of amides is 2. The van der Waals surface area contributed by atoms with Crippen LogP contribution in [0.2, 0.25) is 5.02 Å². The Bertz CT molecular complexity index is 1360. The number of sulfonamides is 1. The van der Waals surface area contributed by atoms with Crippen molar-refractivity contribution in [3.8, 4) is 0 Å². The van der Waals surface area contributed by atoms with Crippen molar-refractivity contribution in [2.45, 2.75) is 51.5 Å². The molecular weight excluding hydrogens is 546 g/mol. The van der Waals surface area contributed by atoms with Crippen LogP contribution in [0.3, 0.4) is 0 Å². The Kier molecular flexibility index (Phi) is 11.2. The molecule has 1 atom stereocenters. The normalized spacial score (nSPS) is 12.2. The highest BCUT2D eigenvalue weighted by Crippen LogP contribution is 2.26. The lowest BCUT2D eigenvalue weighted by molar-refractivity contribution is -0.139. The van der Waals surface area contributed by atoms with Crippen LogP contribution < -0.4 is 9.62 Å². The average molecular weight is 584 g/mol. The maximum Gasteiger partial charge on any atom is 0.264 e. The molecule has 0 radical (unpaired) electrons. The minimum atomic E-state index is -4.13. The summed E-state index contributed by atoms with van der Waals surface area (Å²) < 4.78 is 28.8. The van der Waals surface area contributed by atoms with Crippen molar-refractivity contribution >= 4 is 39.1 Å². The summed E-state index contributed by atoms with van der Waals surface area (Å²) in [4.78, 5) is 28.8. The second kappa shape index (κ2) is 14.3. The van der Waals surface area contributed by atoms with Gasteiger partial charge in [-0.25, -0.2) is 8.42 Å². The van der Waals surface area contributed by atoms with Gasteiger partial charge in [-0.2, -0.15) is 0 Å². The third-order valence-corrected chi connectivity index (χ3v) is 8.60. The lowest BCUT2D eigenvalue weighted by Gasteiger charge is -2.33. The fourth-order valence-corrected chi connectivity index (χ4v) is 5.83. The summed E-state index contributed by atoms with van der Waals surface area (Å²) in [7, 11) is -4.13. The monoisotopic (exact) mass is 583 g/mol. The van der Waals surface area contributed by atoms with Crippen LogP contribution in [0.1, 0.15) is 38.3 Å². The van der Waals surface area contributed by atoms with E-state index in [-0.39, 0.29) is 23.3 Å². The summed E-state index contributed by atoms with van der Waals surface area (Å²) in [5, 5.41) is 3.35. The summed E-state index contributed by atoms with van der Waals surface area (Å²) in [5.41, 5.74) is 2.33. The van der Waals surface area contributed by atoms with E-state index in [1.165, 1.54) is 29.2 Å². The highest BCUT2D eigenvalue weighted by atomic mass is 35.5. The molecule has 3 aromatic rings. The number of aryl methyl sites for hydroxylation is 1. The molecule has 1 N–H and O–H groups in total. The van der Waals surface area contributed by atoms with Crippen molar-refractivity contribution in [2.24, 2.45) is 5.92 Å². The van der Waals surface area contributed by atoms with E-state index in [9.17, 15) is 18.0 Å². The van der Waals surface area contributed by atoms with E-state index >= 15 is 0 Å². The predicted octanol–water partition coefficient (Wildman–Crippen LogP) is 5.47. The predicted molar refractivity (Wildman–Crippen MR) is 161 cm³/mol. The van der Waals surface area contributed by atoms with Gasteiger partial charge in [-0.1, -0.05) is 80.4 Å². The number of nitrogens with zero attached hydrogens (tertiary/aromatic N) is 2. The van der Waals surface area contributed by atoms with Gasteiger partial charge >= 0.3 is 0 Å². The van der Waals surface area contributed by atoms with Gasteiger partial charge in [-0.3, -0.25) is 13.9 Å². The first-order valence-electron chi connectivity index (χ1n) is 13.5. The SMILES string of the molecule is CCC(C(=O)NCC(C)C)N(CCc1ccccc1)C(=O)CN(c1ccc(C)cc1)S(=O)(=O)c1ccc(Cl)cc1. The van der Waals surface area contributed by atoms with Gasteiger partial charge in [0.25, 0.3) is 10.0 Å². The van der Waals surface area contributed by atoms with Gasteiger partial charge in [0.2, 0.25) is 11.8 Å². The Morgan fingerprint density at radius 3 is 2.12 bits per heavy atom. The average Bonchev–Trinajstić information content (AvgIpc) is 2.93.